The molecule has 2 N–H and O–H groups in total. The molecule has 0 radical (unpaired) electrons. The molecule has 0 aromatic carbocycles. The van der Waals surface area contributed by atoms with Gasteiger partial charge in [-0.05, 0) is 13.0 Å². The zero-order valence-corrected chi connectivity index (χ0v) is 11.5. The van der Waals surface area contributed by atoms with Gasteiger partial charge in [0.2, 0.25) is 5.91 Å². The van der Waals surface area contributed by atoms with Crippen LogP contribution in [0.5, 0.6) is 0 Å². The van der Waals surface area contributed by atoms with E-state index in [4.69, 9.17) is 18.0 Å². The molecule has 0 spiro atoms. The van der Waals surface area contributed by atoms with Crippen molar-refractivity contribution in [2.24, 2.45) is 11.7 Å². The Balaban J connectivity index is 3.90. The van der Waals surface area contributed by atoms with Gasteiger partial charge >= 0.3 is 0 Å². The zero-order chi connectivity index (χ0) is 12.7. The first-order valence-corrected chi connectivity index (χ1v) is 5.94. The molecular weight excluding hydrogens is 222 g/mol. The lowest BCUT2D eigenvalue weighted by molar-refractivity contribution is -0.130. The van der Waals surface area contributed by atoms with Crippen LogP contribution in [0.1, 0.15) is 20.3 Å². The van der Waals surface area contributed by atoms with Crippen LogP contribution in [0.3, 0.4) is 0 Å². The molecule has 0 rings (SSSR count). The Morgan fingerprint density at radius 1 is 1.38 bits per heavy atom. The lowest BCUT2D eigenvalue weighted by Gasteiger charge is -2.22. The van der Waals surface area contributed by atoms with Gasteiger partial charge < -0.3 is 10.6 Å². The maximum atomic E-state index is 11.7. The highest BCUT2D eigenvalue weighted by Crippen LogP contribution is 1.97. The number of hydrogen-bond acceptors (Lipinski definition) is 3. The highest BCUT2D eigenvalue weighted by Gasteiger charge is 2.12. The number of thiocarbonyl (C=S) groups is 1. The summed E-state index contributed by atoms with van der Waals surface area (Å²) in [4.78, 5) is 15.9. The van der Waals surface area contributed by atoms with E-state index < -0.39 is 0 Å². The quantitative estimate of drug-likeness (QED) is 0.671. The van der Waals surface area contributed by atoms with Gasteiger partial charge in [-0.15, -0.1) is 0 Å². The third kappa shape index (κ3) is 7.59. The van der Waals surface area contributed by atoms with E-state index in [1.165, 1.54) is 0 Å². The normalized spacial score (nSPS) is 10.9. The lowest BCUT2D eigenvalue weighted by Crippen LogP contribution is -2.39. The molecule has 0 aliphatic rings. The van der Waals surface area contributed by atoms with Crippen molar-refractivity contribution in [3.05, 3.63) is 0 Å². The zero-order valence-electron chi connectivity index (χ0n) is 10.7. The van der Waals surface area contributed by atoms with E-state index in [0.29, 0.717) is 30.4 Å². The van der Waals surface area contributed by atoms with Gasteiger partial charge in [-0.25, -0.2) is 0 Å². The number of nitrogens with two attached hydrogens (primary N) is 1. The van der Waals surface area contributed by atoms with Crippen LogP contribution < -0.4 is 5.73 Å². The number of carbonyl (C=O) groups excluding carboxylic acids is 1. The van der Waals surface area contributed by atoms with Gasteiger partial charge in [0.1, 0.15) is 0 Å². The Morgan fingerprint density at radius 2 is 1.94 bits per heavy atom. The number of likely N-dealkylation sites (N-methyl/N-ethyl adjacent to an activating group) is 2. The molecule has 5 heteroatoms. The Morgan fingerprint density at radius 3 is 2.38 bits per heavy atom. The van der Waals surface area contributed by atoms with E-state index in [9.17, 15) is 4.79 Å². The Bertz CT molecular complexity index is 243. The number of amides is 1. The predicted molar refractivity (Wildman–Crippen MR) is 71.4 cm³/mol. The predicted octanol–water partition coefficient (Wildman–Crippen LogP) is 0.709. The van der Waals surface area contributed by atoms with Gasteiger partial charge in [0.25, 0.3) is 0 Å². The molecule has 0 aliphatic carbocycles. The summed E-state index contributed by atoms with van der Waals surface area (Å²) in [6.07, 6.45) is 0.589. The molecule has 0 unspecified atom stereocenters. The molecule has 0 atom stereocenters. The van der Waals surface area contributed by atoms with Crippen LogP contribution in [0.15, 0.2) is 0 Å². The first-order chi connectivity index (χ1) is 7.32. The van der Waals surface area contributed by atoms with E-state index in [1.54, 1.807) is 11.9 Å². The van der Waals surface area contributed by atoms with Gasteiger partial charge in [0, 0.05) is 26.6 Å². The number of carbonyl (C=O) groups is 1. The maximum Gasteiger partial charge on any atom is 0.236 e. The minimum absolute atomic E-state index is 0.111. The van der Waals surface area contributed by atoms with Gasteiger partial charge in [0.15, 0.2) is 0 Å². The molecule has 94 valence electrons. The van der Waals surface area contributed by atoms with Crippen LogP contribution in [0.25, 0.3) is 0 Å². The summed E-state index contributed by atoms with van der Waals surface area (Å²) in [5, 5.41) is 0. The van der Waals surface area contributed by atoms with Gasteiger partial charge in [-0.3, -0.25) is 9.69 Å². The van der Waals surface area contributed by atoms with Crippen molar-refractivity contribution in [2.75, 3.05) is 33.7 Å². The highest BCUT2D eigenvalue weighted by atomic mass is 32.1. The summed E-state index contributed by atoms with van der Waals surface area (Å²) in [6, 6.07) is 0. The smallest absolute Gasteiger partial charge is 0.236 e. The topological polar surface area (TPSA) is 49.6 Å². The highest BCUT2D eigenvalue weighted by molar-refractivity contribution is 7.80. The first kappa shape index (κ1) is 15.3. The molecule has 0 heterocycles. The molecule has 0 aromatic heterocycles. The minimum Gasteiger partial charge on any atom is -0.393 e. The average Bonchev–Trinajstić information content (AvgIpc) is 2.12. The molecule has 0 saturated carbocycles. The van der Waals surface area contributed by atoms with Crippen LogP contribution in [-0.4, -0.2) is 54.4 Å². The largest absolute Gasteiger partial charge is 0.393 e. The number of hydrogen-bond donors (Lipinski definition) is 1. The fraction of sp³-hybridized carbons (Fsp3) is 0.818. The monoisotopic (exact) mass is 245 g/mol. The van der Waals surface area contributed by atoms with E-state index in [0.717, 1.165) is 6.54 Å². The van der Waals surface area contributed by atoms with Crippen LogP contribution in [0, 0.1) is 5.92 Å². The van der Waals surface area contributed by atoms with Crippen LogP contribution in [0.2, 0.25) is 0 Å². The second kappa shape index (κ2) is 7.57. The summed E-state index contributed by atoms with van der Waals surface area (Å²) in [5.74, 6) is 0.680. The number of rotatable bonds is 7. The molecule has 0 fully saturated rings. The summed E-state index contributed by atoms with van der Waals surface area (Å²) in [7, 11) is 3.74. The van der Waals surface area contributed by atoms with Crippen molar-refractivity contribution in [1.29, 1.82) is 0 Å². The summed E-state index contributed by atoms with van der Waals surface area (Å²) in [6.45, 7) is 6.25. The van der Waals surface area contributed by atoms with Crippen LogP contribution in [0.4, 0.5) is 0 Å². The molecular formula is C11H23N3OS. The fourth-order valence-electron chi connectivity index (χ4n) is 1.44. The van der Waals surface area contributed by atoms with Crippen LogP contribution in [-0.2, 0) is 4.79 Å². The molecule has 0 aliphatic heterocycles. The van der Waals surface area contributed by atoms with Crippen molar-refractivity contribution in [1.82, 2.24) is 9.80 Å². The van der Waals surface area contributed by atoms with E-state index >= 15 is 0 Å². The third-order valence-electron chi connectivity index (χ3n) is 2.20. The van der Waals surface area contributed by atoms with Crippen molar-refractivity contribution < 1.29 is 4.79 Å². The van der Waals surface area contributed by atoms with Crippen molar-refractivity contribution in [2.45, 2.75) is 20.3 Å². The molecule has 0 saturated heterocycles. The second-order valence-electron chi connectivity index (χ2n) is 4.62. The fourth-order valence-corrected chi connectivity index (χ4v) is 1.53. The molecule has 0 bridgehead atoms. The van der Waals surface area contributed by atoms with Crippen molar-refractivity contribution in [3.8, 4) is 0 Å². The van der Waals surface area contributed by atoms with Gasteiger partial charge in [-0.2, -0.15) is 0 Å². The maximum absolute atomic E-state index is 11.7. The summed E-state index contributed by atoms with van der Waals surface area (Å²) >= 11 is 4.77. The van der Waals surface area contributed by atoms with E-state index in [2.05, 4.69) is 13.8 Å². The second-order valence-corrected chi connectivity index (χ2v) is 5.15. The van der Waals surface area contributed by atoms with Crippen molar-refractivity contribution in [3.63, 3.8) is 0 Å². The van der Waals surface area contributed by atoms with E-state index in [1.807, 2.05) is 11.9 Å². The SMILES string of the molecule is CC(C)CN(C)CC(=O)N(C)CCC(N)=S. The third-order valence-corrected chi connectivity index (χ3v) is 2.41. The van der Waals surface area contributed by atoms with Crippen molar-refractivity contribution >= 4 is 23.1 Å². The van der Waals surface area contributed by atoms with E-state index in [-0.39, 0.29) is 5.91 Å². The van der Waals surface area contributed by atoms with Crippen LogP contribution >= 0.6 is 12.2 Å². The molecule has 1 amide bonds. The molecule has 4 nitrogen and oxygen atoms in total. The summed E-state index contributed by atoms with van der Waals surface area (Å²) < 4.78 is 0. The van der Waals surface area contributed by atoms with Gasteiger partial charge in [0.05, 0.1) is 11.5 Å². The molecule has 0 aromatic rings. The van der Waals surface area contributed by atoms with Gasteiger partial charge in [-0.1, -0.05) is 26.1 Å². The Labute approximate surface area is 104 Å². The average molecular weight is 245 g/mol. The first-order valence-electron chi connectivity index (χ1n) is 5.53. The standard InChI is InChI=1S/C11H23N3OS/c1-9(2)7-13(3)8-11(15)14(4)6-5-10(12)16/h9H,5-8H2,1-4H3,(H2,12,16). The summed E-state index contributed by atoms with van der Waals surface area (Å²) in [5.41, 5.74) is 5.39. The Hall–Kier alpha value is -0.680. The minimum atomic E-state index is 0.111. The number of nitrogens with zero attached hydrogens (tertiary/aromatic N) is 2. The lowest BCUT2D eigenvalue weighted by atomic mass is 10.2. The Kier molecular flexibility index (Phi) is 7.25. The molecule has 16 heavy (non-hydrogen) atoms.